The molecule has 2 aromatic carbocycles. The molecule has 116 valence electrons. The van der Waals surface area contributed by atoms with Gasteiger partial charge < -0.3 is 11.1 Å². The Morgan fingerprint density at radius 2 is 1.73 bits per heavy atom. The fourth-order valence-corrected chi connectivity index (χ4v) is 3.09. The van der Waals surface area contributed by atoms with E-state index in [9.17, 15) is 4.79 Å². The molecule has 0 bridgehead atoms. The molecule has 0 radical (unpaired) electrons. The maximum atomic E-state index is 11.8. The standard InChI is InChI=1S/C18H22N2OS/c1-12(21)16-10-9-15(22-18(2,3)4)11-17(16)20-14-7-5-13(19)6-8-14/h5-11,20H,19H2,1-4H3. The number of rotatable bonds is 4. The van der Waals surface area contributed by atoms with Crippen LogP contribution in [-0.2, 0) is 0 Å². The zero-order valence-corrected chi connectivity index (χ0v) is 14.3. The van der Waals surface area contributed by atoms with E-state index in [2.05, 4.69) is 26.1 Å². The number of nitrogens with two attached hydrogens (primary N) is 1. The smallest absolute Gasteiger partial charge is 0.161 e. The van der Waals surface area contributed by atoms with Crippen LogP contribution in [0.5, 0.6) is 0 Å². The van der Waals surface area contributed by atoms with E-state index in [-0.39, 0.29) is 10.5 Å². The molecule has 4 heteroatoms. The molecule has 2 rings (SSSR count). The molecule has 0 saturated heterocycles. The summed E-state index contributed by atoms with van der Waals surface area (Å²) in [5, 5.41) is 3.32. The summed E-state index contributed by atoms with van der Waals surface area (Å²) in [4.78, 5) is 13.0. The molecule has 0 unspecified atom stereocenters. The molecule has 22 heavy (non-hydrogen) atoms. The van der Waals surface area contributed by atoms with Gasteiger partial charge >= 0.3 is 0 Å². The SMILES string of the molecule is CC(=O)c1ccc(SC(C)(C)C)cc1Nc1ccc(N)cc1. The third-order valence-corrected chi connectivity index (χ3v) is 4.09. The summed E-state index contributed by atoms with van der Waals surface area (Å²) in [6.07, 6.45) is 0. The fourth-order valence-electron chi connectivity index (χ4n) is 2.07. The number of hydrogen-bond donors (Lipinski definition) is 2. The van der Waals surface area contributed by atoms with E-state index in [0.29, 0.717) is 5.56 Å². The molecular weight excluding hydrogens is 292 g/mol. The van der Waals surface area contributed by atoms with Crippen LogP contribution in [0.25, 0.3) is 0 Å². The molecule has 0 saturated carbocycles. The van der Waals surface area contributed by atoms with Crippen LogP contribution in [0.2, 0.25) is 0 Å². The minimum Gasteiger partial charge on any atom is -0.399 e. The number of carbonyl (C=O) groups is 1. The number of thioether (sulfide) groups is 1. The van der Waals surface area contributed by atoms with Gasteiger partial charge in [0.25, 0.3) is 0 Å². The topological polar surface area (TPSA) is 55.1 Å². The minimum absolute atomic E-state index is 0.0465. The Labute approximate surface area is 136 Å². The van der Waals surface area contributed by atoms with Crippen molar-refractivity contribution in [3.63, 3.8) is 0 Å². The Morgan fingerprint density at radius 1 is 1.09 bits per heavy atom. The lowest BCUT2D eigenvalue weighted by Crippen LogP contribution is -2.07. The van der Waals surface area contributed by atoms with Gasteiger partial charge in [0, 0.05) is 26.6 Å². The number of anilines is 3. The van der Waals surface area contributed by atoms with Crippen molar-refractivity contribution in [3.05, 3.63) is 48.0 Å². The highest BCUT2D eigenvalue weighted by Gasteiger charge is 2.15. The molecule has 3 N–H and O–H groups in total. The van der Waals surface area contributed by atoms with Crippen molar-refractivity contribution >= 4 is 34.6 Å². The maximum absolute atomic E-state index is 11.8. The van der Waals surface area contributed by atoms with Crippen molar-refractivity contribution in [1.82, 2.24) is 0 Å². The maximum Gasteiger partial charge on any atom is 0.161 e. The van der Waals surface area contributed by atoms with Gasteiger partial charge in [-0.25, -0.2) is 0 Å². The lowest BCUT2D eigenvalue weighted by atomic mass is 10.1. The number of benzene rings is 2. The van der Waals surface area contributed by atoms with Crippen LogP contribution in [0.3, 0.4) is 0 Å². The minimum atomic E-state index is 0.0465. The molecule has 0 aromatic heterocycles. The highest BCUT2D eigenvalue weighted by Crippen LogP contribution is 2.35. The van der Waals surface area contributed by atoms with Crippen LogP contribution >= 0.6 is 11.8 Å². The van der Waals surface area contributed by atoms with Crippen LogP contribution in [0.1, 0.15) is 38.1 Å². The van der Waals surface area contributed by atoms with Gasteiger partial charge in [-0.1, -0.05) is 20.8 Å². The summed E-state index contributed by atoms with van der Waals surface area (Å²) in [5.41, 5.74) is 8.85. The number of Topliss-reactive ketones (excluding diaryl/α,β-unsaturated/α-hetero) is 1. The van der Waals surface area contributed by atoms with Crippen molar-refractivity contribution in [3.8, 4) is 0 Å². The molecule has 0 aliphatic heterocycles. The van der Waals surface area contributed by atoms with Crippen molar-refractivity contribution in [2.75, 3.05) is 11.1 Å². The lowest BCUT2D eigenvalue weighted by Gasteiger charge is -2.19. The summed E-state index contributed by atoms with van der Waals surface area (Å²) in [7, 11) is 0. The summed E-state index contributed by atoms with van der Waals surface area (Å²) >= 11 is 1.78. The molecule has 0 atom stereocenters. The van der Waals surface area contributed by atoms with Crippen LogP contribution in [0.15, 0.2) is 47.4 Å². The number of carbonyl (C=O) groups excluding carboxylic acids is 1. The van der Waals surface area contributed by atoms with E-state index < -0.39 is 0 Å². The zero-order chi connectivity index (χ0) is 16.3. The molecule has 0 amide bonds. The van der Waals surface area contributed by atoms with Crippen LogP contribution in [0.4, 0.5) is 17.1 Å². The van der Waals surface area contributed by atoms with E-state index in [1.54, 1.807) is 18.7 Å². The predicted molar refractivity (Wildman–Crippen MR) is 96.2 cm³/mol. The average Bonchev–Trinajstić information content (AvgIpc) is 2.39. The molecule has 3 nitrogen and oxygen atoms in total. The van der Waals surface area contributed by atoms with Crippen LogP contribution in [0, 0.1) is 0 Å². The first-order valence-electron chi connectivity index (χ1n) is 7.21. The van der Waals surface area contributed by atoms with Gasteiger partial charge in [-0.3, -0.25) is 4.79 Å². The second-order valence-electron chi connectivity index (χ2n) is 6.23. The van der Waals surface area contributed by atoms with Gasteiger partial charge in [-0.15, -0.1) is 11.8 Å². The zero-order valence-electron chi connectivity index (χ0n) is 13.4. The second-order valence-corrected chi connectivity index (χ2v) is 8.13. The summed E-state index contributed by atoms with van der Waals surface area (Å²) in [5.74, 6) is 0.0465. The molecule has 0 heterocycles. The third-order valence-electron chi connectivity index (χ3n) is 2.98. The molecule has 0 fully saturated rings. The van der Waals surface area contributed by atoms with Gasteiger partial charge in [0.15, 0.2) is 5.78 Å². The van der Waals surface area contributed by atoms with E-state index >= 15 is 0 Å². The van der Waals surface area contributed by atoms with Crippen molar-refractivity contribution in [1.29, 1.82) is 0 Å². The van der Waals surface area contributed by atoms with Crippen molar-refractivity contribution < 1.29 is 4.79 Å². The van der Waals surface area contributed by atoms with E-state index in [1.165, 1.54) is 0 Å². The molecule has 0 aliphatic carbocycles. The van der Waals surface area contributed by atoms with Crippen molar-refractivity contribution in [2.24, 2.45) is 0 Å². The van der Waals surface area contributed by atoms with E-state index in [4.69, 9.17) is 5.73 Å². The Bertz CT molecular complexity index is 672. The van der Waals surface area contributed by atoms with E-state index in [0.717, 1.165) is 22.0 Å². The number of nitrogen functional groups attached to an aromatic ring is 1. The average molecular weight is 314 g/mol. The number of hydrogen-bond acceptors (Lipinski definition) is 4. The predicted octanol–water partition coefficient (Wildman–Crippen LogP) is 5.11. The molecule has 2 aromatic rings. The largest absolute Gasteiger partial charge is 0.399 e. The third kappa shape index (κ3) is 4.53. The first-order chi connectivity index (χ1) is 10.2. The highest BCUT2D eigenvalue weighted by atomic mass is 32.2. The van der Waals surface area contributed by atoms with Gasteiger partial charge in [0.2, 0.25) is 0 Å². The lowest BCUT2D eigenvalue weighted by molar-refractivity contribution is 0.101. The van der Waals surface area contributed by atoms with Crippen LogP contribution in [-0.4, -0.2) is 10.5 Å². The highest BCUT2D eigenvalue weighted by molar-refractivity contribution is 8.00. The Kier molecular flexibility index (Phi) is 4.81. The first kappa shape index (κ1) is 16.4. The summed E-state index contributed by atoms with van der Waals surface area (Å²) < 4.78 is 0.121. The molecule has 0 aliphatic rings. The number of ketones is 1. The van der Waals surface area contributed by atoms with Gasteiger partial charge in [0.05, 0.1) is 5.69 Å². The number of nitrogens with one attached hydrogen (secondary N) is 1. The first-order valence-corrected chi connectivity index (χ1v) is 8.03. The van der Waals surface area contributed by atoms with Gasteiger partial charge in [-0.2, -0.15) is 0 Å². The fraction of sp³-hybridized carbons (Fsp3) is 0.278. The Morgan fingerprint density at radius 3 is 2.27 bits per heavy atom. The van der Waals surface area contributed by atoms with Gasteiger partial charge in [-0.05, 0) is 49.4 Å². The van der Waals surface area contributed by atoms with E-state index in [1.807, 2.05) is 42.5 Å². The van der Waals surface area contributed by atoms with Gasteiger partial charge in [0.1, 0.15) is 0 Å². The second kappa shape index (κ2) is 6.44. The monoisotopic (exact) mass is 314 g/mol. The quantitative estimate of drug-likeness (QED) is 0.468. The normalized spacial score (nSPS) is 11.3. The van der Waals surface area contributed by atoms with Crippen molar-refractivity contribution in [2.45, 2.75) is 37.3 Å². The Hall–Kier alpha value is -1.94. The molecular formula is C18H22N2OS. The molecule has 0 spiro atoms. The summed E-state index contributed by atoms with van der Waals surface area (Å²) in [6, 6.07) is 13.4. The van der Waals surface area contributed by atoms with Crippen LogP contribution < -0.4 is 11.1 Å². The Balaban J connectivity index is 2.35. The summed E-state index contributed by atoms with van der Waals surface area (Å²) in [6.45, 7) is 8.09.